The van der Waals surface area contributed by atoms with Crippen molar-refractivity contribution in [2.75, 3.05) is 5.32 Å². The van der Waals surface area contributed by atoms with Gasteiger partial charge in [-0.15, -0.1) is 11.3 Å². The van der Waals surface area contributed by atoms with Gasteiger partial charge < -0.3 is 5.32 Å². The predicted octanol–water partition coefficient (Wildman–Crippen LogP) is 4.80. The van der Waals surface area contributed by atoms with E-state index in [-0.39, 0.29) is 12.3 Å². The van der Waals surface area contributed by atoms with Crippen LogP contribution in [0.2, 0.25) is 0 Å². The predicted molar refractivity (Wildman–Crippen MR) is 88.1 cm³/mol. The molecule has 0 saturated heterocycles. The number of rotatable bonds is 3. The fraction of sp³-hybridized carbons (Fsp3) is 0.176. The fourth-order valence-electron chi connectivity index (χ4n) is 2.37. The quantitative estimate of drug-likeness (QED) is 0.737. The molecular formula is C17H13F3N2OS. The van der Waals surface area contributed by atoms with E-state index in [2.05, 4.69) is 10.3 Å². The van der Waals surface area contributed by atoms with Gasteiger partial charge >= 0.3 is 6.18 Å². The Hall–Kier alpha value is -2.41. The van der Waals surface area contributed by atoms with E-state index in [1.807, 2.05) is 13.0 Å². The summed E-state index contributed by atoms with van der Waals surface area (Å²) >= 11 is 1.51. The lowest BCUT2D eigenvalue weighted by atomic mass is 10.1. The molecule has 0 atom stereocenters. The maximum Gasteiger partial charge on any atom is 0.416 e. The first-order chi connectivity index (χ1) is 11.3. The van der Waals surface area contributed by atoms with Crippen LogP contribution in [0.3, 0.4) is 0 Å². The summed E-state index contributed by atoms with van der Waals surface area (Å²) in [5, 5.41) is 3.64. The molecule has 0 aliphatic carbocycles. The standard InChI is InChI=1S/C17H13F3N2OS/c1-10-21-14-6-5-13(9-15(14)24-10)22-16(23)8-11-3-2-4-12(7-11)17(18,19)20/h2-7,9H,8H2,1H3,(H,22,23). The zero-order valence-corrected chi connectivity index (χ0v) is 13.5. The second kappa shape index (κ2) is 6.24. The van der Waals surface area contributed by atoms with E-state index >= 15 is 0 Å². The molecule has 0 bridgehead atoms. The van der Waals surface area contributed by atoms with Crippen LogP contribution in [0.5, 0.6) is 0 Å². The van der Waals surface area contributed by atoms with Crippen molar-refractivity contribution in [2.24, 2.45) is 0 Å². The Bertz CT molecular complexity index is 902. The van der Waals surface area contributed by atoms with Crippen LogP contribution < -0.4 is 5.32 Å². The van der Waals surface area contributed by atoms with Crippen molar-refractivity contribution in [3.05, 3.63) is 58.6 Å². The highest BCUT2D eigenvalue weighted by atomic mass is 32.1. The average Bonchev–Trinajstić information content (AvgIpc) is 2.86. The summed E-state index contributed by atoms with van der Waals surface area (Å²) < 4.78 is 39.0. The van der Waals surface area contributed by atoms with Crippen LogP contribution >= 0.6 is 11.3 Å². The van der Waals surface area contributed by atoms with Crippen molar-refractivity contribution >= 4 is 33.1 Å². The number of fused-ring (bicyclic) bond motifs is 1. The third kappa shape index (κ3) is 3.73. The number of alkyl halides is 3. The minimum Gasteiger partial charge on any atom is -0.326 e. The number of carbonyl (C=O) groups excluding carboxylic acids is 1. The lowest BCUT2D eigenvalue weighted by Crippen LogP contribution is -2.15. The van der Waals surface area contributed by atoms with Gasteiger partial charge in [0.05, 0.1) is 27.2 Å². The highest BCUT2D eigenvalue weighted by Gasteiger charge is 2.30. The topological polar surface area (TPSA) is 42.0 Å². The first-order valence-electron chi connectivity index (χ1n) is 7.14. The Kier molecular flexibility index (Phi) is 4.28. The van der Waals surface area contributed by atoms with Crippen LogP contribution in [0.1, 0.15) is 16.1 Å². The van der Waals surface area contributed by atoms with Crippen molar-refractivity contribution in [3.8, 4) is 0 Å². The maximum absolute atomic E-state index is 12.7. The molecule has 0 fully saturated rings. The molecule has 1 heterocycles. The molecule has 0 aliphatic heterocycles. The molecule has 2 aromatic carbocycles. The number of aryl methyl sites for hydroxylation is 1. The van der Waals surface area contributed by atoms with Crippen LogP contribution in [0, 0.1) is 6.92 Å². The van der Waals surface area contributed by atoms with Gasteiger partial charge in [-0.05, 0) is 36.8 Å². The van der Waals surface area contributed by atoms with Gasteiger partial charge in [-0.1, -0.05) is 18.2 Å². The molecule has 3 nitrogen and oxygen atoms in total. The SMILES string of the molecule is Cc1nc2ccc(NC(=O)Cc3cccc(C(F)(F)F)c3)cc2s1. The molecule has 3 aromatic rings. The monoisotopic (exact) mass is 350 g/mol. The Labute approximate surface area is 140 Å². The second-order valence-electron chi connectivity index (χ2n) is 5.34. The van der Waals surface area contributed by atoms with Gasteiger partial charge in [-0.2, -0.15) is 13.2 Å². The summed E-state index contributed by atoms with van der Waals surface area (Å²) in [6, 6.07) is 10.1. The number of amides is 1. The molecule has 0 saturated carbocycles. The number of aromatic nitrogens is 1. The van der Waals surface area contributed by atoms with E-state index in [0.717, 1.165) is 27.4 Å². The van der Waals surface area contributed by atoms with Crippen LogP contribution in [0.4, 0.5) is 18.9 Å². The van der Waals surface area contributed by atoms with E-state index in [4.69, 9.17) is 0 Å². The number of carbonyl (C=O) groups is 1. The maximum atomic E-state index is 12.7. The van der Waals surface area contributed by atoms with Crippen LogP contribution in [0.15, 0.2) is 42.5 Å². The average molecular weight is 350 g/mol. The third-order valence-corrected chi connectivity index (χ3v) is 4.33. The van der Waals surface area contributed by atoms with Crippen LogP contribution in [0.25, 0.3) is 10.2 Å². The van der Waals surface area contributed by atoms with Crippen molar-refractivity contribution in [1.29, 1.82) is 0 Å². The van der Waals surface area contributed by atoms with E-state index < -0.39 is 11.7 Å². The number of hydrogen-bond acceptors (Lipinski definition) is 3. The first kappa shape index (κ1) is 16.4. The molecule has 0 aliphatic rings. The minimum absolute atomic E-state index is 0.121. The van der Waals surface area contributed by atoms with Gasteiger partial charge in [0.15, 0.2) is 0 Å². The van der Waals surface area contributed by atoms with E-state index in [1.54, 1.807) is 12.1 Å². The number of benzene rings is 2. The Morgan fingerprint density at radius 3 is 2.75 bits per heavy atom. The molecular weight excluding hydrogens is 337 g/mol. The van der Waals surface area contributed by atoms with Gasteiger partial charge in [-0.3, -0.25) is 4.79 Å². The summed E-state index contributed by atoms with van der Waals surface area (Å²) in [5.74, 6) is -0.366. The Morgan fingerprint density at radius 1 is 1.21 bits per heavy atom. The minimum atomic E-state index is -4.42. The highest BCUT2D eigenvalue weighted by Crippen LogP contribution is 2.30. The van der Waals surface area contributed by atoms with Gasteiger partial charge in [0.2, 0.25) is 5.91 Å². The largest absolute Gasteiger partial charge is 0.416 e. The summed E-state index contributed by atoms with van der Waals surface area (Å²) in [6.07, 6.45) is -4.54. The molecule has 1 aromatic heterocycles. The van der Waals surface area contributed by atoms with Crippen molar-refractivity contribution in [3.63, 3.8) is 0 Å². The third-order valence-electron chi connectivity index (χ3n) is 3.40. The van der Waals surface area contributed by atoms with Crippen LogP contribution in [-0.4, -0.2) is 10.9 Å². The zero-order valence-electron chi connectivity index (χ0n) is 12.6. The number of nitrogens with zero attached hydrogens (tertiary/aromatic N) is 1. The van der Waals surface area contributed by atoms with E-state index in [1.165, 1.54) is 23.5 Å². The van der Waals surface area contributed by atoms with E-state index in [0.29, 0.717) is 11.3 Å². The first-order valence-corrected chi connectivity index (χ1v) is 7.96. The summed E-state index contributed by atoms with van der Waals surface area (Å²) in [6.45, 7) is 1.90. The molecule has 1 amide bonds. The molecule has 0 spiro atoms. The van der Waals surface area contributed by atoms with Gasteiger partial charge in [0, 0.05) is 5.69 Å². The highest BCUT2D eigenvalue weighted by molar-refractivity contribution is 7.18. The number of halogens is 3. The smallest absolute Gasteiger partial charge is 0.326 e. The lowest BCUT2D eigenvalue weighted by Gasteiger charge is -2.09. The number of hydrogen-bond donors (Lipinski definition) is 1. The summed E-state index contributed by atoms with van der Waals surface area (Å²) in [4.78, 5) is 16.4. The lowest BCUT2D eigenvalue weighted by molar-refractivity contribution is -0.137. The van der Waals surface area contributed by atoms with Crippen molar-refractivity contribution in [1.82, 2.24) is 4.98 Å². The number of nitrogens with one attached hydrogen (secondary N) is 1. The summed E-state index contributed by atoms with van der Waals surface area (Å²) in [5.41, 5.74) is 1.02. The van der Waals surface area contributed by atoms with E-state index in [9.17, 15) is 18.0 Å². The van der Waals surface area contributed by atoms with Gasteiger partial charge in [0.25, 0.3) is 0 Å². The second-order valence-corrected chi connectivity index (χ2v) is 6.57. The molecule has 7 heteroatoms. The van der Waals surface area contributed by atoms with Gasteiger partial charge in [0.1, 0.15) is 0 Å². The summed E-state index contributed by atoms with van der Waals surface area (Å²) in [7, 11) is 0. The molecule has 1 N–H and O–H groups in total. The Balaban J connectivity index is 1.72. The molecule has 124 valence electrons. The molecule has 24 heavy (non-hydrogen) atoms. The van der Waals surface area contributed by atoms with Crippen LogP contribution in [-0.2, 0) is 17.4 Å². The normalized spacial score (nSPS) is 11.7. The van der Waals surface area contributed by atoms with Gasteiger partial charge in [-0.25, -0.2) is 4.98 Å². The molecule has 0 radical (unpaired) electrons. The number of thiazole rings is 1. The van der Waals surface area contributed by atoms with Crippen molar-refractivity contribution in [2.45, 2.75) is 19.5 Å². The molecule has 0 unspecified atom stereocenters. The zero-order chi connectivity index (χ0) is 17.3. The fourth-order valence-corrected chi connectivity index (χ4v) is 3.23. The van der Waals surface area contributed by atoms with Crippen molar-refractivity contribution < 1.29 is 18.0 Å². The Morgan fingerprint density at radius 2 is 2.00 bits per heavy atom. The number of anilines is 1. The molecule has 3 rings (SSSR count).